The molecule has 1 atom stereocenters. The average molecular weight is 433 g/mol. The summed E-state index contributed by atoms with van der Waals surface area (Å²) in [5.41, 5.74) is 4.53. The summed E-state index contributed by atoms with van der Waals surface area (Å²) < 4.78 is 54.8. The summed E-state index contributed by atoms with van der Waals surface area (Å²) in [6.45, 7) is 0. The minimum absolute atomic E-state index is 0.292. The molecule has 0 spiro atoms. The number of pyridine rings is 1. The van der Waals surface area contributed by atoms with E-state index in [1.165, 1.54) is 6.07 Å². The Morgan fingerprint density at radius 1 is 1.23 bits per heavy atom. The molecule has 1 aromatic carbocycles. The molecule has 162 valence electrons. The van der Waals surface area contributed by atoms with Crippen LogP contribution in [0.15, 0.2) is 48.8 Å². The average Bonchev–Trinajstić information content (AvgIpc) is 3.47. The third kappa shape index (κ3) is 4.15. The SMILES string of the molecule is CN(C1CC1)C(c1cccnc1)c1ccc(F)c(-n2nc(C(F)(F)F)cc2C(N)=O)c1. The maximum atomic E-state index is 14.7. The lowest BCUT2D eigenvalue weighted by molar-refractivity contribution is -0.141. The third-order valence-corrected chi connectivity index (χ3v) is 5.30. The van der Waals surface area contributed by atoms with Gasteiger partial charge in [-0.2, -0.15) is 18.3 Å². The molecule has 2 N–H and O–H groups in total. The molecule has 4 rings (SSSR count). The van der Waals surface area contributed by atoms with Gasteiger partial charge in [0.25, 0.3) is 5.91 Å². The molecule has 1 saturated carbocycles. The fourth-order valence-electron chi connectivity index (χ4n) is 3.63. The zero-order valence-corrected chi connectivity index (χ0v) is 16.5. The van der Waals surface area contributed by atoms with Crippen LogP contribution in [-0.4, -0.2) is 38.7 Å². The van der Waals surface area contributed by atoms with Crippen molar-refractivity contribution < 1.29 is 22.4 Å². The van der Waals surface area contributed by atoms with Crippen LogP contribution >= 0.6 is 0 Å². The molecule has 1 amide bonds. The van der Waals surface area contributed by atoms with Crippen LogP contribution in [0.25, 0.3) is 5.69 Å². The minimum Gasteiger partial charge on any atom is -0.364 e. The monoisotopic (exact) mass is 433 g/mol. The number of carbonyl (C=O) groups is 1. The van der Waals surface area contributed by atoms with Crippen molar-refractivity contribution >= 4 is 5.91 Å². The lowest BCUT2D eigenvalue weighted by atomic mass is 9.98. The third-order valence-electron chi connectivity index (χ3n) is 5.30. The van der Waals surface area contributed by atoms with Crippen LogP contribution in [-0.2, 0) is 6.18 Å². The molecule has 2 heterocycles. The highest BCUT2D eigenvalue weighted by atomic mass is 19.4. The van der Waals surface area contributed by atoms with Crippen LogP contribution in [0.5, 0.6) is 0 Å². The molecule has 1 aliphatic carbocycles. The summed E-state index contributed by atoms with van der Waals surface area (Å²) in [4.78, 5) is 18.0. The summed E-state index contributed by atoms with van der Waals surface area (Å²) in [6.07, 6.45) is 0.544. The first-order valence-corrected chi connectivity index (χ1v) is 9.55. The molecule has 1 unspecified atom stereocenters. The van der Waals surface area contributed by atoms with Crippen LogP contribution < -0.4 is 5.73 Å². The molecule has 31 heavy (non-hydrogen) atoms. The topological polar surface area (TPSA) is 77.0 Å². The lowest BCUT2D eigenvalue weighted by Gasteiger charge is -2.29. The Balaban J connectivity index is 1.85. The molecule has 6 nitrogen and oxygen atoms in total. The molecule has 3 aromatic rings. The van der Waals surface area contributed by atoms with Crippen molar-refractivity contribution in [1.29, 1.82) is 0 Å². The fraction of sp³-hybridized carbons (Fsp3) is 0.286. The first-order chi connectivity index (χ1) is 14.7. The van der Waals surface area contributed by atoms with Gasteiger partial charge in [-0.1, -0.05) is 12.1 Å². The smallest absolute Gasteiger partial charge is 0.364 e. The second-order valence-electron chi connectivity index (χ2n) is 7.49. The van der Waals surface area contributed by atoms with Gasteiger partial charge in [0.1, 0.15) is 17.2 Å². The van der Waals surface area contributed by atoms with Crippen LogP contribution in [0.4, 0.5) is 17.6 Å². The van der Waals surface area contributed by atoms with Gasteiger partial charge in [0.15, 0.2) is 5.69 Å². The Bertz CT molecular complexity index is 1110. The Hall–Kier alpha value is -3.27. The first kappa shape index (κ1) is 21.0. The molecule has 1 aliphatic rings. The van der Waals surface area contributed by atoms with Crippen LogP contribution in [0, 0.1) is 5.82 Å². The Kier molecular flexibility index (Phi) is 5.26. The second kappa shape index (κ2) is 7.77. The number of nitrogens with zero attached hydrogens (tertiary/aromatic N) is 4. The molecular formula is C21H19F4N5O. The van der Waals surface area contributed by atoms with Crippen molar-refractivity contribution in [1.82, 2.24) is 19.7 Å². The van der Waals surface area contributed by atoms with E-state index in [4.69, 9.17) is 5.73 Å². The van der Waals surface area contributed by atoms with Crippen molar-refractivity contribution in [2.24, 2.45) is 5.73 Å². The predicted octanol–water partition coefficient (Wildman–Crippen LogP) is 3.71. The van der Waals surface area contributed by atoms with Crippen molar-refractivity contribution in [3.63, 3.8) is 0 Å². The van der Waals surface area contributed by atoms with Gasteiger partial charge >= 0.3 is 6.18 Å². The number of aromatic nitrogens is 3. The largest absolute Gasteiger partial charge is 0.435 e. The standard InChI is InChI=1S/C21H19F4N5O/c1-29(14-5-6-14)19(13-3-2-8-27-11-13)12-4-7-15(22)16(9-12)30-17(20(26)31)10-18(28-30)21(23,24)25/h2-4,7-11,14,19H,5-6H2,1H3,(H2,26,31). The molecule has 10 heteroatoms. The fourth-order valence-corrected chi connectivity index (χ4v) is 3.63. The van der Waals surface area contributed by atoms with Gasteiger partial charge < -0.3 is 5.73 Å². The van der Waals surface area contributed by atoms with Crippen LogP contribution in [0.3, 0.4) is 0 Å². The van der Waals surface area contributed by atoms with Crippen molar-refractivity contribution in [3.8, 4) is 5.69 Å². The predicted molar refractivity (Wildman–Crippen MR) is 104 cm³/mol. The first-order valence-electron chi connectivity index (χ1n) is 9.55. The lowest BCUT2D eigenvalue weighted by Crippen LogP contribution is -2.28. The summed E-state index contributed by atoms with van der Waals surface area (Å²) in [7, 11) is 1.93. The number of carbonyl (C=O) groups excluding carboxylic acids is 1. The van der Waals surface area contributed by atoms with E-state index in [0.717, 1.165) is 24.5 Å². The number of nitrogens with two attached hydrogens (primary N) is 1. The number of benzene rings is 1. The van der Waals surface area contributed by atoms with Crippen molar-refractivity contribution in [2.75, 3.05) is 7.05 Å². The van der Waals surface area contributed by atoms with Gasteiger partial charge in [-0.25, -0.2) is 9.07 Å². The Labute approximate surface area is 175 Å². The van der Waals surface area contributed by atoms with E-state index in [9.17, 15) is 22.4 Å². The van der Waals surface area contributed by atoms with Gasteiger partial charge in [-0.3, -0.25) is 14.7 Å². The summed E-state index contributed by atoms with van der Waals surface area (Å²) in [5.74, 6) is -1.98. The van der Waals surface area contributed by atoms with Crippen molar-refractivity contribution in [2.45, 2.75) is 31.1 Å². The van der Waals surface area contributed by atoms with E-state index in [-0.39, 0.29) is 11.7 Å². The Morgan fingerprint density at radius 2 is 1.97 bits per heavy atom. The second-order valence-corrected chi connectivity index (χ2v) is 7.49. The summed E-state index contributed by atoms with van der Waals surface area (Å²) >= 11 is 0. The minimum atomic E-state index is -4.81. The highest BCUT2D eigenvalue weighted by Gasteiger charge is 2.37. The van der Waals surface area contributed by atoms with E-state index >= 15 is 0 Å². The number of rotatable bonds is 6. The number of hydrogen-bond donors (Lipinski definition) is 1. The highest BCUT2D eigenvalue weighted by Crippen LogP contribution is 2.37. The highest BCUT2D eigenvalue weighted by molar-refractivity contribution is 5.91. The van der Waals surface area contributed by atoms with Gasteiger partial charge in [-0.05, 0) is 49.2 Å². The van der Waals surface area contributed by atoms with E-state index in [1.54, 1.807) is 24.5 Å². The maximum absolute atomic E-state index is 14.7. The summed E-state index contributed by atoms with van der Waals surface area (Å²) in [6, 6.07) is 8.31. The van der Waals surface area contributed by atoms with Gasteiger partial charge in [0, 0.05) is 24.5 Å². The van der Waals surface area contributed by atoms with E-state index in [0.29, 0.717) is 22.4 Å². The van der Waals surface area contributed by atoms with E-state index < -0.39 is 29.3 Å². The number of halogens is 4. The van der Waals surface area contributed by atoms with Crippen LogP contribution in [0.1, 0.15) is 46.2 Å². The van der Waals surface area contributed by atoms with Crippen LogP contribution in [0.2, 0.25) is 0 Å². The Morgan fingerprint density at radius 3 is 2.55 bits per heavy atom. The molecule has 0 radical (unpaired) electrons. The van der Waals surface area contributed by atoms with E-state index in [1.807, 2.05) is 13.1 Å². The van der Waals surface area contributed by atoms with Crippen molar-refractivity contribution in [3.05, 3.63) is 77.1 Å². The van der Waals surface area contributed by atoms with Gasteiger partial charge in [0.2, 0.25) is 0 Å². The summed E-state index contributed by atoms with van der Waals surface area (Å²) in [5, 5.41) is 3.42. The molecule has 2 aromatic heterocycles. The molecule has 0 bridgehead atoms. The quantitative estimate of drug-likeness (QED) is 0.602. The zero-order valence-electron chi connectivity index (χ0n) is 16.5. The van der Waals surface area contributed by atoms with Gasteiger partial charge in [-0.15, -0.1) is 0 Å². The maximum Gasteiger partial charge on any atom is 0.435 e. The molecule has 1 fully saturated rings. The van der Waals surface area contributed by atoms with E-state index in [2.05, 4.69) is 15.0 Å². The number of primary amides is 1. The number of amides is 1. The molecule has 0 saturated heterocycles. The number of alkyl halides is 3. The molecule has 0 aliphatic heterocycles. The zero-order chi connectivity index (χ0) is 22.3. The number of hydrogen-bond acceptors (Lipinski definition) is 4. The van der Waals surface area contributed by atoms with Gasteiger partial charge in [0.05, 0.1) is 6.04 Å². The molecular weight excluding hydrogens is 414 g/mol. The normalized spacial score (nSPS) is 15.3.